The first kappa shape index (κ1) is 13.0. The highest BCUT2D eigenvalue weighted by atomic mass is 16.4. The average molecular weight is 256 g/mol. The molecule has 0 unspecified atom stereocenters. The molecule has 4 heteroatoms. The van der Waals surface area contributed by atoms with Crippen molar-refractivity contribution in [3.8, 4) is 0 Å². The lowest BCUT2D eigenvalue weighted by Crippen LogP contribution is -2.19. The molecule has 2 rings (SSSR count). The predicted octanol–water partition coefficient (Wildman–Crippen LogP) is 2.60. The van der Waals surface area contributed by atoms with Crippen molar-refractivity contribution < 1.29 is 9.90 Å². The van der Waals surface area contributed by atoms with Crippen LogP contribution in [0, 0.1) is 0 Å². The molecule has 4 nitrogen and oxygen atoms in total. The summed E-state index contributed by atoms with van der Waals surface area (Å²) < 4.78 is 0. The molecule has 0 aromatic heterocycles. The highest BCUT2D eigenvalue weighted by Gasteiger charge is 2.14. The van der Waals surface area contributed by atoms with Gasteiger partial charge in [0.2, 0.25) is 0 Å². The van der Waals surface area contributed by atoms with Crippen LogP contribution < -0.4 is 10.6 Å². The van der Waals surface area contributed by atoms with E-state index in [1.54, 1.807) is 18.2 Å². The summed E-state index contributed by atoms with van der Waals surface area (Å²) in [6, 6.07) is 15.0. The molecule has 2 aromatic carbocycles. The smallest absolute Gasteiger partial charge is 0.338 e. The Balaban J connectivity index is 2.29. The molecule has 0 heterocycles. The van der Waals surface area contributed by atoms with Gasteiger partial charge in [0.1, 0.15) is 0 Å². The van der Waals surface area contributed by atoms with E-state index in [1.807, 2.05) is 42.3 Å². The van der Waals surface area contributed by atoms with Gasteiger partial charge in [0.05, 0.1) is 5.56 Å². The highest BCUT2D eigenvalue weighted by Crippen LogP contribution is 2.21. The number of aromatic carboxylic acids is 1. The van der Waals surface area contributed by atoms with Gasteiger partial charge in [0.15, 0.2) is 0 Å². The lowest BCUT2D eigenvalue weighted by atomic mass is 10.0. The van der Waals surface area contributed by atoms with Gasteiger partial charge < -0.3 is 15.7 Å². The molecule has 0 aliphatic rings. The predicted molar refractivity (Wildman–Crippen MR) is 76.4 cm³/mol. The molecule has 0 bridgehead atoms. The van der Waals surface area contributed by atoms with Crippen LogP contribution in [0.2, 0.25) is 0 Å². The summed E-state index contributed by atoms with van der Waals surface area (Å²) in [7, 11) is 1.92. The Morgan fingerprint density at radius 1 is 1.16 bits per heavy atom. The van der Waals surface area contributed by atoms with Crippen LogP contribution in [-0.4, -0.2) is 18.1 Å². The standard InChI is InChI=1S/C15H16N2O2/c1-17(12-7-3-2-4-8-12)10-11-6-5-9-13(16)14(11)15(18)19/h2-9H,10,16H2,1H3,(H,18,19). The number of hydrogen-bond acceptors (Lipinski definition) is 3. The summed E-state index contributed by atoms with van der Waals surface area (Å²) in [5.41, 5.74) is 7.96. The normalized spacial score (nSPS) is 10.2. The minimum atomic E-state index is -0.991. The molecule has 98 valence electrons. The second-order valence-corrected chi connectivity index (χ2v) is 4.38. The van der Waals surface area contributed by atoms with Crippen molar-refractivity contribution in [3.63, 3.8) is 0 Å². The van der Waals surface area contributed by atoms with Gasteiger partial charge in [-0.25, -0.2) is 4.79 Å². The zero-order chi connectivity index (χ0) is 13.8. The van der Waals surface area contributed by atoms with E-state index >= 15 is 0 Å². The molecule has 0 radical (unpaired) electrons. The fraction of sp³-hybridized carbons (Fsp3) is 0.133. The van der Waals surface area contributed by atoms with Crippen LogP contribution in [-0.2, 0) is 6.54 Å². The van der Waals surface area contributed by atoms with E-state index in [0.29, 0.717) is 17.8 Å². The van der Waals surface area contributed by atoms with Gasteiger partial charge in [0, 0.05) is 25.0 Å². The van der Waals surface area contributed by atoms with Crippen molar-refractivity contribution in [2.24, 2.45) is 0 Å². The third kappa shape index (κ3) is 2.85. The van der Waals surface area contributed by atoms with Gasteiger partial charge in [-0.3, -0.25) is 0 Å². The van der Waals surface area contributed by atoms with E-state index in [9.17, 15) is 9.90 Å². The van der Waals surface area contributed by atoms with Gasteiger partial charge in [-0.15, -0.1) is 0 Å². The molecule has 0 spiro atoms. The number of nitrogens with zero attached hydrogens (tertiary/aromatic N) is 1. The maximum Gasteiger partial charge on any atom is 0.338 e. The molecule has 2 aromatic rings. The number of benzene rings is 2. The summed E-state index contributed by atoms with van der Waals surface area (Å²) in [4.78, 5) is 13.2. The maximum absolute atomic E-state index is 11.3. The van der Waals surface area contributed by atoms with Crippen LogP contribution in [0.3, 0.4) is 0 Å². The second kappa shape index (κ2) is 5.44. The minimum absolute atomic E-state index is 0.185. The molecule has 0 fully saturated rings. The lowest BCUT2D eigenvalue weighted by Gasteiger charge is -2.20. The van der Waals surface area contributed by atoms with Crippen molar-refractivity contribution in [2.45, 2.75) is 6.54 Å². The Bertz CT molecular complexity index is 582. The van der Waals surface area contributed by atoms with Crippen LogP contribution in [0.4, 0.5) is 11.4 Å². The summed E-state index contributed by atoms with van der Waals surface area (Å²) >= 11 is 0. The number of carboxylic acid groups (broad SMARTS) is 1. The summed E-state index contributed by atoms with van der Waals surface area (Å²) in [6.07, 6.45) is 0. The fourth-order valence-electron chi connectivity index (χ4n) is 2.04. The van der Waals surface area contributed by atoms with Crippen molar-refractivity contribution in [1.29, 1.82) is 0 Å². The third-order valence-corrected chi connectivity index (χ3v) is 3.00. The highest BCUT2D eigenvalue weighted by molar-refractivity contribution is 5.95. The lowest BCUT2D eigenvalue weighted by molar-refractivity contribution is 0.0697. The van der Waals surface area contributed by atoms with E-state index in [2.05, 4.69) is 0 Å². The number of nitrogen functional groups attached to an aromatic ring is 1. The number of carboxylic acids is 1. The molecule has 3 N–H and O–H groups in total. The number of rotatable bonds is 4. The third-order valence-electron chi connectivity index (χ3n) is 3.00. The van der Waals surface area contributed by atoms with Gasteiger partial charge in [-0.1, -0.05) is 30.3 Å². The van der Waals surface area contributed by atoms with Crippen LogP contribution >= 0.6 is 0 Å². The Morgan fingerprint density at radius 3 is 2.47 bits per heavy atom. The first-order valence-electron chi connectivity index (χ1n) is 5.96. The Morgan fingerprint density at radius 2 is 1.84 bits per heavy atom. The van der Waals surface area contributed by atoms with Gasteiger partial charge in [0.25, 0.3) is 0 Å². The Hall–Kier alpha value is -2.49. The van der Waals surface area contributed by atoms with Crippen LogP contribution in [0.1, 0.15) is 15.9 Å². The molecule has 19 heavy (non-hydrogen) atoms. The van der Waals surface area contributed by atoms with Crippen LogP contribution in [0.25, 0.3) is 0 Å². The topological polar surface area (TPSA) is 66.6 Å². The fourth-order valence-corrected chi connectivity index (χ4v) is 2.04. The first-order valence-corrected chi connectivity index (χ1v) is 5.96. The zero-order valence-electron chi connectivity index (χ0n) is 10.7. The number of hydrogen-bond donors (Lipinski definition) is 2. The molecule has 0 saturated heterocycles. The zero-order valence-corrected chi connectivity index (χ0v) is 10.7. The molecule has 0 atom stereocenters. The number of anilines is 2. The van der Waals surface area contributed by atoms with E-state index in [0.717, 1.165) is 5.69 Å². The van der Waals surface area contributed by atoms with Crippen LogP contribution in [0.15, 0.2) is 48.5 Å². The molecule has 0 amide bonds. The molecular weight excluding hydrogens is 240 g/mol. The Kier molecular flexibility index (Phi) is 3.71. The molecule has 0 aliphatic heterocycles. The van der Waals surface area contributed by atoms with Crippen LogP contribution in [0.5, 0.6) is 0 Å². The van der Waals surface area contributed by atoms with E-state index in [1.165, 1.54) is 0 Å². The van der Waals surface area contributed by atoms with Crippen molar-refractivity contribution in [3.05, 3.63) is 59.7 Å². The summed E-state index contributed by atoms with van der Waals surface area (Å²) in [6.45, 7) is 0.497. The van der Waals surface area contributed by atoms with E-state index in [4.69, 9.17) is 5.73 Å². The molecular formula is C15H16N2O2. The minimum Gasteiger partial charge on any atom is -0.478 e. The number of nitrogens with two attached hydrogens (primary N) is 1. The largest absolute Gasteiger partial charge is 0.478 e. The first-order chi connectivity index (χ1) is 9.09. The van der Waals surface area contributed by atoms with Gasteiger partial charge in [-0.2, -0.15) is 0 Å². The number of carbonyl (C=O) groups is 1. The van der Waals surface area contributed by atoms with Gasteiger partial charge in [-0.05, 0) is 23.8 Å². The monoisotopic (exact) mass is 256 g/mol. The maximum atomic E-state index is 11.3. The molecule has 0 saturated carbocycles. The number of para-hydroxylation sites is 1. The van der Waals surface area contributed by atoms with Crippen molar-refractivity contribution >= 4 is 17.3 Å². The van der Waals surface area contributed by atoms with E-state index < -0.39 is 5.97 Å². The van der Waals surface area contributed by atoms with Gasteiger partial charge >= 0.3 is 5.97 Å². The van der Waals surface area contributed by atoms with Crippen molar-refractivity contribution in [1.82, 2.24) is 0 Å². The quantitative estimate of drug-likeness (QED) is 0.825. The molecule has 0 aliphatic carbocycles. The van der Waals surface area contributed by atoms with E-state index in [-0.39, 0.29) is 5.56 Å². The second-order valence-electron chi connectivity index (χ2n) is 4.38. The average Bonchev–Trinajstić information content (AvgIpc) is 2.39. The SMILES string of the molecule is CN(Cc1cccc(N)c1C(=O)O)c1ccccc1. The van der Waals surface area contributed by atoms with Crippen molar-refractivity contribution in [2.75, 3.05) is 17.7 Å². The summed E-state index contributed by atoms with van der Waals surface area (Å²) in [5.74, 6) is -0.991. The Labute approximate surface area is 112 Å². The summed E-state index contributed by atoms with van der Waals surface area (Å²) in [5, 5.41) is 9.23.